The van der Waals surface area contributed by atoms with Crippen molar-refractivity contribution >= 4 is 5.69 Å². The molecule has 1 atom stereocenters. The Morgan fingerprint density at radius 3 is 2.80 bits per heavy atom. The van der Waals surface area contributed by atoms with Gasteiger partial charge in [-0.25, -0.2) is 0 Å². The van der Waals surface area contributed by atoms with Crippen LogP contribution in [0.15, 0.2) is 12.1 Å². The number of anilines is 1. The van der Waals surface area contributed by atoms with Gasteiger partial charge in [-0.15, -0.1) is 0 Å². The normalized spacial score (nSPS) is 17.4. The Morgan fingerprint density at radius 2 is 2.13 bits per heavy atom. The van der Waals surface area contributed by atoms with E-state index < -0.39 is 6.10 Å². The molecule has 0 fully saturated rings. The number of hydrogen-bond acceptors (Lipinski definition) is 3. The highest BCUT2D eigenvalue weighted by molar-refractivity contribution is 5.62. The lowest BCUT2D eigenvalue weighted by atomic mass is 9.96. The molecule has 0 aromatic heterocycles. The van der Waals surface area contributed by atoms with Crippen LogP contribution in [0.3, 0.4) is 0 Å². The number of hydrogen-bond donors (Lipinski definition) is 2. The number of phenols is 1. The largest absolute Gasteiger partial charge is 0.507 e. The van der Waals surface area contributed by atoms with E-state index in [-0.39, 0.29) is 5.75 Å². The minimum absolute atomic E-state index is 0.272. The van der Waals surface area contributed by atoms with Gasteiger partial charge in [0.2, 0.25) is 0 Å². The van der Waals surface area contributed by atoms with E-state index in [4.69, 9.17) is 0 Å². The third-order valence-corrected chi connectivity index (χ3v) is 3.07. The Kier molecular flexibility index (Phi) is 2.57. The van der Waals surface area contributed by atoms with Gasteiger partial charge in [0.15, 0.2) is 0 Å². The van der Waals surface area contributed by atoms with E-state index >= 15 is 0 Å². The number of nitrogens with zero attached hydrogens (tertiary/aromatic N) is 1. The van der Waals surface area contributed by atoms with E-state index in [1.165, 1.54) is 0 Å². The summed E-state index contributed by atoms with van der Waals surface area (Å²) < 4.78 is 0. The fourth-order valence-corrected chi connectivity index (χ4v) is 2.20. The van der Waals surface area contributed by atoms with Gasteiger partial charge in [0.1, 0.15) is 5.75 Å². The number of aliphatic hydroxyl groups excluding tert-OH is 1. The highest BCUT2D eigenvalue weighted by Crippen LogP contribution is 2.37. The molecular formula is C12H17NO2. The first-order valence-electron chi connectivity index (χ1n) is 5.35. The fraction of sp³-hybridized carbons (Fsp3) is 0.500. The molecule has 0 radical (unpaired) electrons. The van der Waals surface area contributed by atoms with E-state index in [0.29, 0.717) is 5.56 Å². The summed E-state index contributed by atoms with van der Waals surface area (Å²) in [5.74, 6) is 0.272. The molecule has 82 valence electrons. The fourth-order valence-electron chi connectivity index (χ4n) is 2.20. The smallest absolute Gasteiger partial charge is 0.126 e. The van der Waals surface area contributed by atoms with Gasteiger partial charge >= 0.3 is 0 Å². The predicted octanol–water partition coefficient (Wildman–Crippen LogP) is 1.83. The van der Waals surface area contributed by atoms with Gasteiger partial charge in [-0.05, 0) is 25.8 Å². The van der Waals surface area contributed by atoms with Crippen LogP contribution < -0.4 is 4.90 Å². The highest BCUT2D eigenvalue weighted by atomic mass is 16.3. The van der Waals surface area contributed by atoms with Crippen molar-refractivity contribution in [2.24, 2.45) is 0 Å². The standard InChI is InChI=1S/C12H17NO2/c1-8(14)9-5-6-11-10(12(9)15)4-3-7-13(11)2/h5-6,8,14-15H,3-4,7H2,1-2H3. The molecule has 1 unspecified atom stereocenters. The van der Waals surface area contributed by atoms with Crippen LogP contribution in [0.2, 0.25) is 0 Å². The van der Waals surface area contributed by atoms with Crippen LogP contribution in [-0.2, 0) is 6.42 Å². The van der Waals surface area contributed by atoms with E-state index in [1.54, 1.807) is 13.0 Å². The van der Waals surface area contributed by atoms with Crippen LogP contribution in [0.1, 0.15) is 30.6 Å². The van der Waals surface area contributed by atoms with E-state index in [1.807, 2.05) is 13.1 Å². The summed E-state index contributed by atoms with van der Waals surface area (Å²) in [7, 11) is 2.03. The predicted molar refractivity (Wildman–Crippen MR) is 60.3 cm³/mol. The van der Waals surface area contributed by atoms with Gasteiger partial charge in [0.05, 0.1) is 6.10 Å². The zero-order valence-electron chi connectivity index (χ0n) is 9.20. The molecule has 0 bridgehead atoms. The van der Waals surface area contributed by atoms with Gasteiger partial charge in [-0.1, -0.05) is 6.07 Å². The minimum Gasteiger partial charge on any atom is -0.507 e. The third kappa shape index (κ3) is 1.67. The maximum atomic E-state index is 10.0. The van der Waals surface area contributed by atoms with Crippen molar-refractivity contribution < 1.29 is 10.2 Å². The lowest BCUT2D eigenvalue weighted by Gasteiger charge is -2.29. The number of rotatable bonds is 1. The summed E-state index contributed by atoms with van der Waals surface area (Å²) in [5.41, 5.74) is 2.69. The Bertz CT molecular complexity index is 374. The molecule has 0 amide bonds. The van der Waals surface area contributed by atoms with Crippen LogP contribution in [-0.4, -0.2) is 23.8 Å². The molecule has 0 saturated heterocycles. The van der Waals surface area contributed by atoms with E-state index in [2.05, 4.69) is 4.90 Å². The monoisotopic (exact) mass is 207 g/mol. The van der Waals surface area contributed by atoms with Gasteiger partial charge in [0, 0.05) is 30.4 Å². The number of aliphatic hydroxyl groups is 1. The molecule has 2 rings (SSSR count). The lowest BCUT2D eigenvalue weighted by Crippen LogP contribution is -2.24. The Labute approximate surface area is 90.0 Å². The van der Waals surface area contributed by atoms with Gasteiger partial charge in [0.25, 0.3) is 0 Å². The Morgan fingerprint density at radius 1 is 1.40 bits per heavy atom. The quantitative estimate of drug-likeness (QED) is 0.738. The summed E-state index contributed by atoms with van der Waals surface area (Å²) in [6, 6.07) is 3.79. The zero-order valence-corrected chi connectivity index (χ0v) is 9.20. The number of fused-ring (bicyclic) bond motifs is 1. The molecule has 1 aliphatic heterocycles. The van der Waals surface area contributed by atoms with Gasteiger partial charge in [-0.3, -0.25) is 0 Å². The molecule has 3 heteroatoms. The van der Waals surface area contributed by atoms with Crippen LogP contribution in [0.25, 0.3) is 0 Å². The first-order valence-corrected chi connectivity index (χ1v) is 5.35. The van der Waals surface area contributed by atoms with Crippen molar-refractivity contribution in [1.29, 1.82) is 0 Å². The summed E-state index contributed by atoms with van der Waals surface area (Å²) in [5, 5.41) is 19.5. The van der Waals surface area contributed by atoms with Crippen molar-refractivity contribution in [3.63, 3.8) is 0 Å². The van der Waals surface area contributed by atoms with Crippen molar-refractivity contribution in [3.8, 4) is 5.75 Å². The van der Waals surface area contributed by atoms with Crippen molar-refractivity contribution in [3.05, 3.63) is 23.3 Å². The average Bonchev–Trinajstić information content (AvgIpc) is 2.19. The van der Waals surface area contributed by atoms with Crippen molar-refractivity contribution in [2.45, 2.75) is 25.9 Å². The summed E-state index contributed by atoms with van der Waals surface area (Å²) in [6.07, 6.45) is 1.34. The topological polar surface area (TPSA) is 43.7 Å². The summed E-state index contributed by atoms with van der Waals surface area (Å²) >= 11 is 0. The van der Waals surface area contributed by atoms with Gasteiger partial charge < -0.3 is 15.1 Å². The van der Waals surface area contributed by atoms with Crippen LogP contribution in [0.5, 0.6) is 5.75 Å². The van der Waals surface area contributed by atoms with E-state index in [0.717, 1.165) is 30.6 Å². The summed E-state index contributed by atoms with van der Waals surface area (Å²) in [4.78, 5) is 2.14. The minimum atomic E-state index is -0.609. The summed E-state index contributed by atoms with van der Waals surface area (Å²) in [6.45, 7) is 2.70. The Balaban J connectivity index is 2.52. The van der Waals surface area contributed by atoms with Crippen LogP contribution >= 0.6 is 0 Å². The molecule has 3 nitrogen and oxygen atoms in total. The molecule has 15 heavy (non-hydrogen) atoms. The molecule has 0 aliphatic carbocycles. The van der Waals surface area contributed by atoms with Gasteiger partial charge in [-0.2, -0.15) is 0 Å². The molecular weight excluding hydrogens is 190 g/mol. The SMILES string of the molecule is CC(O)c1ccc2c(c1O)CCCN2C. The molecule has 0 spiro atoms. The number of benzene rings is 1. The molecule has 1 aliphatic rings. The molecule has 2 N–H and O–H groups in total. The average molecular weight is 207 g/mol. The highest BCUT2D eigenvalue weighted by Gasteiger charge is 2.20. The van der Waals surface area contributed by atoms with Crippen molar-refractivity contribution in [2.75, 3.05) is 18.5 Å². The maximum Gasteiger partial charge on any atom is 0.126 e. The second kappa shape index (κ2) is 3.74. The lowest BCUT2D eigenvalue weighted by molar-refractivity contribution is 0.194. The molecule has 1 aromatic rings. The van der Waals surface area contributed by atoms with Crippen LogP contribution in [0.4, 0.5) is 5.69 Å². The molecule has 1 aromatic carbocycles. The Hall–Kier alpha value is -1.22. The second-order valence-corrected chi connectivity index (χ2v) is 4.20. The van der Waals surface area contributed by atoms with Crippen LogP contribution in [0, 0.1) is 0 Å². The second-order valence-electron chi connectivity index (χ2n) is 4.20. The number of aromatic hydroxyl groups is 1. The zero-order chi connectivity index (χ0) is 11.0. The third-order valence-electron chi connectivity index (χ3n) is 3.07. The van der Waals surface area contributed by atoms with Crippen molar-refractivity contribution in [1.82, 2.24) is 0 Å². The maximum absolute atomic E-state index is 10.0. The number of phenolic OH excluding ortho intramolecular Hbond substituents is 1. The molecule has 1 heterocycles. The molecule has 0 saturated carbocycles. The van der Waals surface area contributed by atoms with E-state index in [9.17, 15) is 10.2 Å². The first-order chi connectivity index (χ1) is 7.11. The first kappa shape index (κ1) is 10.3.